The van der Waals surface area contributed by atoms with Crippen LogP contribution in [0.1, 0.15) is 29.2 Å². The second kappa shape index (κ2) is 8.92. The molecule has 152 valence electrons. The van der Waals surface area contributed by atoms with E-state index >= 15 is 0 Å². The summed E-state index contributed by atoms with van der Waals surface area (Å²) in [7, 11) is 3.12. The van der Waals surface area contributed by atoms with Crippen LogP contribution in [0.25, 0.3) is 5.76 Å². The first-order valence-electron chi connectivity index (χ1n) is 9.47. The number of rotatable bonds is 7. The molecule has 1 aliphatic rings. The molecule has 0 bridgehead atoms. The first-order valence-corrected chi connectivity index (χ1v) is 9.47. The lowest BCUT2D eigenvalue weighted by Gasteiger charge is -2.26. The number of methoxy groups -OCH3 is 2. The Bertz CT molecular complexity index is 933. The number of hydrogen-bond acceptors (Lipinski definition) is 5. The molecule has 0 aliphatic carbocycles. The molecule has 0 unspecified atom stereocenters. The first-order chi connectivity index (χ1) is 14.0. The summed E-state index contributed by atoms with van der Waals surface area (Å²) in [5, 5.41) is 11.0. The van der Waals surface area contributed by atoms with Gasteiger partial charge in [-0.15, -0.1) is 0 Å². The second-order valence-electron chi connectivity index (χ2n) is 6.95. The van der Waals surface area contributed by atoms with Gasteiger partial charge in [-0.3, -0.25) is 9.59 Å². The lowest BCUT2D eigenvalue weighted by molar-refractivity contribution is -0.140. The molecule has 0 saturated carbocycles. The molecule has 29 heavy (non-hydrogen) atoms. The van der Waals surface area contributed by atoms with Gasteiger partial charge in [-0.05, 0) is 19.4 Å². The molecule has 1 atom stereocenters. The quantitative estimate of drug-likeness (QED) is 0.336. The third-order valence-electron chi connectivity index (χ3n) is 5.05. The molecule has 1 heterocycles. The summed E-state index contributed by atoms with van der Waals surface area (Å²) >= 11 is 0. The van der Waals surface area contributed by atoms with E-state index in [4.69, 9.17) is 9.47 Å². The summed E-state index contributed by atoms with van der Waals surface area (Å²) in [6.07, 6.45) is 0.569. The molecule has 2 aromatic carbocycles. The zero-order chi connectivity index (χ0) is 21.0. The van der Waals surface area contributed by atoms with E-state index in [0.717, 1.165) is 5.56 Å². The van der Waals surface area contributed by atoms with E-state index in [9.17, 15) is 14.7 Å². The van der Waals surface area contributed by atoms with Gasteiger partial charge in [0.25, 0.3) is 11.7 Å². The molecular formula is C23H25NO5. The predicted molar refractivity (Wildman–Crippen MR) is 110 cm³/mol. The third-order valence-corrected chi connectivity index (χ3v) is 5.05. The number of carbonyl (C=O) groups is 2. The molecule has 0 radical (unpaired) electrons. The van der Waals surface area contributed by atoms with Crippen LogP contribution in [0.5, 0.6) is 5.75 Å². The number of aryl methyl sites for hydroxylation is 1. The summed E-state index contributed by atoms with van der Waals surface area (Å²) in [5.74, 6) is -0.971. The van der Waals surface area contributed by atoms with Crippen molar-refractivity contribution in [2.45, 2.75) is 19.4 Å². The van der Waals surface area contributed by atoms with Crippen molar-refractivity contribution in [1.82, 2.24) is 4.90 Å². The lowest BCUT2D eigenvalue weighted by Crippen LogP contribution is -2.31. The Hall–Kier alpha value is -3.12. The number of amides is 1. The molecule has 0 spiro atoms. The zero-order valence-electron chi connectivity index (χ0n) is 16.8. The Kier molecular flexibility index (Phi) is 6.34. The number of Topliss-reactive ketones (excluding diaryl/α,β-unsaturated/α-hetero) is 1. The highest BCUT2D eigenvalue weighted by Crippen LogP contribution is 2.42. The molecule has 1 N–H and O–H groups in total. The number of ketones is 1. The van der Waals surface area contributed by atoms with Crippen LogP contribution in [0.15, 0.2) is 54.1 Å². The number of hydrogen-bond donors (Lipinski definition) is 1. The Balaban J connectivity index is 2.16. The number of carbonyl (C=O) groups excluding carboxylic acids is 2. The Morgan fingerprint density at radius 1 is 1.07 bits per heavy atom. The van der Waals surface area contributed by atoms with Crippen molar-refractivity contribution in [2.24, 2.45) is 0 Å². The molecule has 1 fully saturated rings. The van der Waals surface area contributed by atoms with E-state index in [1.54, 1.807) is 31.4 Å². The predicted octanol–water partition coefficient (Wildman–Crippen LogP) is 3.46. The lowest BCUT2D eigenvalue weighted by atomic mass is 9.94. The Morgan fingerprint density at radius 2 is 1.76 bits per heavy atom. The minimum Gasteiger partial charge on any atom is -0.507 e. The molecule has 1 saturated heterocycles. The Morgan fingerprint density at radius 3 is 2.41 bits per heavy atom. The standard InChI is InChI=1S/C23H25NO5/c1-15-9-11-16(12-10-15)21(25)19-20(17-7-4-5-8-18(17)29-3)24(13-6-14-28-2)23(27)22(19)26/h4-5,7-12,20,25H,6,13-14H2,1-3H3/t20-/m0/s1. The molecule has 6 heteroatoms. The first kappa shape index (κ1) is 20.6. The van der Waals surface area contributed by atoms with E-state index in [1.807, 2.05) is 31.2 Å². The number of aliphatic hydroxyl groups excluding tert-OH is 1. The maximum Gasteiger partial charge on any atom is 0.295 e. The van der Waals surface area contributed by atoms with Crippen LogP contribution >= 0.6 is 0 Å². The van der Waals surface area contributed by atoms with Crippen molar-refractivity contribution in [2.75, 3.05) is 27.4 Å². The van der Waals surface area contributed by atoms with Gasteiger partial charge in [-0.2, -0.15) is 0 Å². The van der Waals surface area contributed by atoms with Crippen LogP contribution in [-0.2, 0) is 14.3 Å². The summed E-state index contributed by atoms with van der Waals surface area (Å²) in [6.45, 7) is 2.72. The average molecular weight is 395 g/mol. The molecule has 3 rings (SSSR count). The number of para-hydroxylation sites is 1. The van der Waals surface area contributed by atoms with Crippen molar-refractivity contribution in [3.63, 3.8) is 0 Å². The van der Waals surface area contributed by atoms with Crippen molar-refractivity contribution in [3.05, 3.63) is 70.8 Å². The number of ether oxygens (including phenoxy) is 2. The fourth-order valence-corrected chi connectivity index (χ4v) is 3.57. The fourth-order valence-electron chi connectivity index (χ4n) is 3.57. The van der Waals surface area contributed by atoms with E-state index in [2.05, 4.69) is 0 Å². The highest BCUT2D eigenvalue weighted by molar-refractivity contribution is 6.46. The monoisotopic (exact) mass is 395 g/mol. The van der Waals surface area contributed by atoms with Gasteiger partial charge < -0.3 is 19.5 Å². The van der Waals surface area contributed by atoms with Crippen molar-refractivity contribution in [1.29, 1.82) is 0 Å². The fraction of sp³-hybridized carbons (Fsp3) is 0.304. The van der Waals surface area contributed by atoms with E-state index < -0.39 is 17.7 Å². The maximum atomic E-state index is 12.9. The molecule has 0 aromatic heterocycles. The number of nitrogens with zero attached hydrogens (tertiary/aromatic N) is 1. The average Bonchev–Trinajstić information content (AvgIpc) is 2.98. The SMILES string of the molecule is COCCCN1C(=O)C(=O)C(=C(O)c2ccc(C)cc2)[C@@H]1c1ccccc1OC. The smallest absolute Gasteiger partial charge is 0.295 e. The second-order valence-corrected chi connectivity index (χ2v) is 6.95. The maximum absolute atomic E-state index is 12.9. The molecule has 2 aromatic rings. The van der Waals surface area contributed by atoms with Gasteiger partial charge in [0.2, 0.25) is 0 Å². The van der Waals surface area contributed by atoms with E-state index in [1.165, 1.54) is 12.0 Å². The van der Waals surface area contributed by atoms with Crippen LogP contribution in [0.4, 0.5) is 0 Å². The molecule has 1 amide bonds. The van der Waals surface area contributed by atoms with E-state index in [-0.39, 0.29) is 11.3 Å². The van der Waals surface area contributed by atoms with Crippen molar-refractivity contribution < 1.29 is 24.2 Å². The van der Waals surface area contributed by atoms with Crippen molar-refractivity contribution in [3.8, 4) is 5.75 Å². The minimum atomic E-state index is -0.732. The van der Waals surface area contributed by atoms with Gasteiger partial charge in [0.05, 0.1) is 18.7 Å². The van der Waals surface area contributed by atoms with Gasteiger partial charge in [0, 0.05) is 31.4 Å². The van der Waals surface area contributed by atoms with Crippen LogP contribution in [0, 0.1) is 6.92 Å². The zero-order valence-corrected chi connectivity index (χ0v) is 16.8. The minimum absolute atomic E-state index is 0.0702. The van der Waals surface area contributed by atoms with E-state index in [0.29, 0.717) is 36.4 Å². The third kappa shape index (κ3) is 4.03. The van der Waals surface area contributed by atoms with Gasteiger partial charge in [-0.1, -0.05) is 48.0 Å². The van der Waals surface area contributed by atoms with Gasteiger partial charge in [-0.25, -0.2) is 0 Å². The highest BCUT2D eigenvalue weighted by atomic mass is 16.5. The summed E-state index contributed by atoms with van der Waals surface area (Å²) in [5.41, 5.74) is 2.24. The van der Waals surface area contributed by atoms with Gasteiger partial charge in [0.15, 0.2) is 0 Å². The van der Waals surface area contributed by atoms with Gasteiger partial charge >= 0.3 is 0 Å². The highest BCUT2D eigenvalue weighted by Gasteiger charge is 2.46. The summed E-state index contributed by atoms with van der Waals surface area (Å²) in [4.78, 5) is 27.3. The van der Waals surface area contributed by atoms with Crippen LogP contribution < -0.4 is 4.74 Å². The molecular weight excluding hydrogens is 370 g/mol. The number of aliphatic hydroxyl groups is 1. The Labute approximate surface area is 170 Å². The largest absolute Gasteiger partial charge is 0.507 e. The van der Waals surface area contributed by atoms with Gasteiger partial charge in [0.1, 0.15) is 11.5 Å². The van der Waals surface area contributed by atoms with Crippen LogP contribution in [0.2, 0.25) is 0 Å². The summed E-state index contributed by atoms with van der Waals surface area (Å²) in [6, 6.07) is 13.7. The number of likely N-dealkylation sites (tertiary alicyclic amines) is 1. The molecule has 6 nitrogen and oxygen atoms in total. The summed E-state index contributed by atoms with van der Waals surface area (Å²) < 4.78 is 10.6. The van der Waals surface area contributed by atoms with Crippen LogP contribution in [-0.4, -0.2) is 49.1 Å². The van der Waals surface area contributed by atoms with Crippen LogP contribution in [0.3, 0.4) is 0 Å². The van der Waals surface area contributed by atoms with Crippen molar-refractivity contribution >= 4 is 17.4 Å². The topological polar surface area (TPSA) is 76.1 Å². The molecule has 1 aliphatic heterocycles. The normalized spacial score (nSPS) is 18.3. The number of benzene rings is 2.